The molecule has 0 aromatic carbocycles. The Kier molecular flexibility index (Phi) is 5.10. The number of hydrogen-bond donors (Lipinski definition) is 0. The number of rotatable bonds is 5. The van der Waals surface area contributed by atoms with Crippen LogP contribution in [-0.2, 0) is 29.5 Å². The molecule has 1 saturated heterocycles. The van der Waals surface area contributed by atoms with Crippen molar-refractivity contribution in [3.63, 3.8) is 0 Å². The summed E-state index contributed by atoms with van der Waals surface area (Å²) in [6, 6.07) is 0.433. The van der Waals surface area contributed by atoms with Gasteiger partial charge in [-0.25, -0.2) is 0 Å². The van der Waals surface area contributed by atoms with Crippen molar-refractivity contribution in [3.05, 3.63) is 11.6 Å². The van der Waals surface area contributed by atoms with Gasteiger partial charge in [0.05, 0.1) is 25.9 Å². The number of aryl methyl sites for hydroxylation is 1. The highest BCUT2D eigenvalue weighted by molar-refractivity contribution is 4.97. The largest absolute Gasteiger partial charge is 0.381 e. The van der Waals surface area contributed by atoms with E-state index in [-0.39, 0.29) is 0 Å². The monoisotopic (exact) mass is 308 g/mol. The van der Waals surface area contributed by atoms with Crippen molar-refractivity contribution in [1.29, 1.82) is 0 Å². The minimum Gasteiger partial charge on any atom is -0.381 e. The minimum absolute atomic E-state index is 0.375. The molecule has 1 aliphatic carbocycles. The van der Waals surface area contributed by atoms with Crippen LogP contribution in [0, 0.1) is 5.92 Å². The second kappa shape index (κ2) is 7.06. The summed E-state index contributed by atoms with van der Waals surface area (Å²) in [6.07, 6.45) is 4.97. The highest BCUT2D eigenvalue weighted by Gasteiger charge is 2.38. The van der Waals surface area contributed by atoms with Gasteiger partial charge in [-0.2, -0.15) is 0 Å². The number of nitrogens with zero attached hydrogens (tertiary/aromatic N) is 4. The quantitative estimate of drug-likeness (QED) is 0.823. The summed E-state index contributed by atoms with van der Waals surface area (Å²) in [6.45, 7) is 5.55. The van der Waals surface area contributed by atoms with E-state index >= 15 is 0 Å². The van der Waals surface area contributed by atoms with Crippen LogP contribution in [0.2, 0.25) is 0 Å². The van der Waals surface area contributed by atoms with E-state index in [0.717, 1.165) is 44.4 Å². The van der Waals surface area contributed by atoms with E-state index < -0.39 is 0 Å². The molecule has 22 heavy (non-hydrogen) atoms. The van der Waals surface area contributed by atoms with E-state index in [1.54, 1.807) is 0 Å². The van der Waals surface area contributed by atoms with Crippen LogP contribution < -0.4 is 0 Å². The first-order valence-electron chi connectivity index (χ1n) is 8.46. The van der Waals surface area contributed by atoms with E-state index in [0.29, 0.717) is 18.1 Å². The van der Waals surface area contributed by atoms with E-state index in [9.17, 15) is 0 Å². The molecule has 3 atom stereocenters. The number of hydrogen-bond acceptors (Lipinski definition) is 5. The lowest BCUT2D eigenvalue weighted by Gasteiger charge is -2.40. The van der Waals surface area contributed by atoms with Crippen LogP contribution in [0.1, 0.15) is 37.8 Å². The maximum atomic E-state index is 5.77. The maximum absolute atomic E-state index is 5.77. The highest BCUT2D eigenvalue weighted by atomic mass is 16.5. The SMILES string of the molecule is CCc1nnc(CN2CCOC[C@@H]2[C@H]2CCC[C@@H]2OC)n1C. The molecule has 124 valence electrons. The molecule has 1 aromatic rings. The van der Waals surface area contributed by atoms with Gasteiger partial charge in [0.2, 0.25) is 0 Å². The van der Waals surface area contributed by atoms with Gasteiger partial charge in [-0.15, -0.1) is 10.2 Å². The minimum atomic E-state index is 0.375. The van der Waals surface area contributed by atoms with Gasteiger partial charge >= 0.3 is 0 Å². The Morgan fingerprint density at radius 3 is 2.82 bits per heavy atom. The molecule has 0 N–H and O–H groups in total. The first kappa shape index (κ1) is 15.9. The standard InChI is InChI=1S/C16H28N4O2/c1-4-15-17-18-16(19(15)2)10-20-8-9-22-11-13(20)12-6-5-7-14(12)21-3/h12-14H,4-11H2,1-3H3/t12-,13-,14+/m1/s1. The number of ether oxygens (including phenoxy) is 2. The predicted molar refractivity (Wildman–Crippen MR) is 83.5 cm³/mol. The van der Waals surface area contributed by atoms with Gasteiger partial charge in [0.1, 0.15) is 11.6 Å². The Hall–Kier alpha value is -0.980. The molecule has 0 spiro atoms. The molecule has 6 nitrogen and oxygen atoms in total. The summed E-state index contributed by atoms with van der Waals surface area (Å²) in [4.78, 5) is 2.52. The van der Waals surface area contributed by atoms with Crippen LogP contribution >= 0.6 is 0 Å². The zero-order valence-electron chi connectivity index (χ0n) is 14.0. The third kappa shape index (κ3) is 3.05. The molecule has 2 heterocycles. The summed E-state index contributed by atoms with van der Waals surface area (Å²) in [5, 5.41) is 8.66. The first-order chi connectivity index (χ1) is 10.7. The van der Waals surface area contributed by atoms with Crippen LogP contribution in [0.25, 0.3) is 0 Å². The summed E-state index contributed by atoms with van der Waals surface area (Å²) in [5.41, 5.74) is 0. The van der Waals surface area contributed by atoms with Gasteiger partial charge in [-0.05, 0) is 12.8 Å². The lowest BCUT2D eigenvalue weighted by Crippen LogP contribution is -2.51. The predicted octanol–water partition coefficient (Wildman–Crippen LogP) is 1.39. The lowest BCUT2D eigenvalue weighted by molar-refractivity contribution is -0.0618. The van der Waals surface area contributed by atoms with Gasteiger partial charge in [-0.3, -0.25) is 4.90 Å². The molecule has 1 aliphatic heterocycles. The van der Waals surface area contributed by atoms with Gasteiger partial charge in [0, 0.05) is 39.1 Å². The van der Waals surface area contributed by atoms with Crippen molar-refractivity contribution >= 4 is 0 Å². The normalized spacial score (nSPS) is 30.0. The van der Waals surface area contributed by atoms with Crippen molar-refractivity contribution in [3.8, 4) is 0 Å². The van der Waals surface area contributed by atoms with Crippen LogP contribution in [0.5, 0.6) is 0 Å². The number of aromatic nitrogens is 3. The molecular weight excluding hydrogens is 280 g/mol. The molecule has 2 aliphatic rings. The van der Waals surface area contributed by atoms with Crippen LogP contribution in [-0.4, -0.2) is 58.7 Å². The Balaban J connectivity index is 1.73. The maximum Gasteiger partial charge on any atom is 0.146 e. The molecule has 0 radical (unpaired) electrons. The second-order valence-corrected chi connectivity index (χ2v) is 6.43. The zero-order valence-corrected chi connectivity index (χ0v) is 14.0. The van der Waals surface area contributed by atoms with Gasteiger partial charge in [-0.1, -0.05) is 13.3 Å². The summed E-state index contributed by atoms with van der Waals surface area (Å²) in [7, 11) is 3.91. The summed E-state index contributed by atoms with van der Waals surface area (Å²) < 4.78 is 13.6. The topological polar surface area (TPSA) is 52.4 Å². The third-order valence-electron chi connectivity index (χ3n) is 5.30. The average Bonchev–Trinajstić information content (AvgIpc) is 3.15. The van der Waals surface area contributed by atoms with Crippen LogP contribution in [0.4, 0.5) is 0 Å². The average molecular weight is 308 g/mol. The molecule has 3 rings (SSSR count). The molecule has 0 unspecified atom stereocenters. The van der Waals surface area contributed by atoms with Crippen molar-refractivity contribution in [2.75, 3.05) is 26.9 Å². The fraction of sp³-hybridized carbons (Fsp3) is 0.875. The Morgan fingerprint density at radius 2 is 2.09 bits per heavy atom. The van der Waals surface area contributed by atoms with Crippen molar-refractivity contribution in [2.24, 2.45) is 13.0 Å². The molecule has 2 fully saturated rings. The highest BCUT2D eigenvalue weighted by Crippen LogP contribution is 2.34. The van der Waals surface area contributed by atoms with Crippen LogP contribution in [0.3, 0.4) is 0 Å². The van der Waals surface area contributed by atoms with Gasteiger partial charge < -0.3 is 14.0 Å². The smallest absolute Gasteiger partial charge is 0.146 e. The third-order valence-corrected chi connectivity index (χ3v) is 5.30. The Labute approximate surface area is 132 Å². The van der Waals surface area contributed by atoms with Gasteiger partial charge in [0.25, 0.3) is 0 Å². The molecule has 1 aromatic heterocycles. The fourth-order valence-electron chi connectivity index (χ4n) is 3.96. The Bertz CT molecular complexity index is 490. The van der Waals surface area contributed by atoms with Gasteiger partial charge in [0.15, 0.2) is 0 Å². The number of methoxy groups -OCH3 is 1. The fourth-order valence-corrected chi connectivity index (χ4v) is 3.96. The summed E-state index contributed by atoms with van der Waals surface area (Å²) in [5.74, 6) is 2.68. The Morgan fingerprint density at radius 1 is 1.27 bits per heavy atom. The zero-order chi connectivity index (χ0) is 15.5. The van der Waals surface area contributed by atoms with E-state index in [4.69, 9.17) is 9.47 Å². The molecule has 6 heteroatoms. The number of morpholine rings is 1. The summed E-state index contributed by atoms with van der Waals surface area (Å²) >= 11 is 0. The van der Waals surface area contributed by atoms with E-state index in [1.807, 2.05) is 7.11 Å². The molecule has 0 bridgehead atoms. The molecule has 1 saturated carbocycles. The molecule has 0 amide bonds. The first-order valence-corrected chi connectivity index (χ1v) is 8.46. The van der Waals surface area contributed by atoms with Crippen LogP contribution in [0.15, 0.2) is 0 Å². The van der Waals surface area contributed by atoms with Crippen molar-refractivity contribution in [2.45, 2.75) is 51.3 Å². The molecular formula is C16H28N4O2. The van der Waals surface area contributed by atoms with Crippen molar-refractivity contribution in [1.82, 2.24) is 19.7 Å². The lowest BCUT2D eigenvalue weighted by atomic mass is 9.94. The van der Waals surface area contributed by atoms with E-state index in [2.05, 4.69) is 33.6 Å². The second-order valence-electron chi connectivity index (χ2n) is 6.43. The van der Waals surface area contributed by atoms with E-state index in [1.165, 1.54) is 19.3 Å². The van der Waals surface area contributed by atoms with Crippen molar-refractivity contribution < 1.29 is 9.47 Å².